The Morgan fingerprint density at radius 2 is 1.88 bits per heavy atom. The number of phenols is 1. The molecule has 218 valence electrons. The highest BCUT2D eigenvalue weighted by atomic mass is 32.2. The number of amides is 1. The molecule has 2 aromatic carbocycles. The maximum atomic E-state index is 13.0. The highest BCUT2D eigenvalue weighted by molar-refractivity contribution is 7.79. The summed E-state index contributed by atoms with van der Waals surface area (Å²) in [6.07, 6.45) is 0. The molecule has 1 unspecified atom stereocenters. The van der Waals surface area contributed by atoms with Crippen molar-refractivity contribution in [3.8, 4) is 22.6 Å². The molecule has 0 saturated carbocycles. The first-order chi connectivity index (χ1) is 18.7. The zero-order valence-electron chi connectivity index (χ0n) is 23.7. The Kier molecular flexibility index (Phi) is 9.99. The summed E-state index contributed by atoms with van der Waals surface area (Å²) >= 11 is -0.476. The number of carbonyl (C=O) groups excluding carboxylic acids is 2. The highest BCUT2D eigenvalue weighted by Crippen LogP contribution is 2.44. The topological polar surface area (TPSA) is 128 Å². The number of nitrogens with zero attached hydrogens (tertiary/aromatic N) is 1. The van der Waals surface area contributed by atoms with E-state index in [1.807, 2.05) is 52.8 Å². The molecule has 0 fully saturated rings. The minimum absolute atomic E-state index is 0. The van der Waals surface area contributed by atoms with Gasteiger partial charge >= 0.3 is 5.97 Å². The smallest absolute Gasteiger partial charge is 0.348 e. The summed E-state index contributed by atoms with van der Waals surface area (Å²) in [7, 11) is 3.24. The molecule has 3 aromatic rings. The fourth-order valence-electron chi connectivity index (χ4n) is 4.36. The summed E-state index contributed by atoms with van der Waals surface area (Å²) in [4.78, 5) is 28.9. The molecule has 0 bridgehead atoms. The number of thiophene rings is 1. The number of phenolic OH excluding ortho intramolecular Hbond substituents is 1. The Morgan fingerprint density at radius 3 is 2.42 bits per heavy atom. The monoisotopic (exact) mass is 589 g/mol. The molecule has 0 radical (unpaired) electrons. The number of aromatic hydroxyl groups is 1. The lowest BCUT2D eigenvalue weighted by Gasteiger charge is -2.39. The third kappa shape index (κ3) is 7.21. The number of fused-ring (bicyclic) bond motifs is 1. The van der Waals surface area contributed by atoms with Crippen LogP contribution in [0, 0.1) is 12.8 Å². The fourth-order valence-corrected chi connectivity index (χ4v) is 5.66. The molecule has 0 saturated heterocycles. The van der Waals surface area contributed by atoms with Gasteiger partial charge in [0.05, 0.1) is 18.5 Å². The van der Waals surface area contributed by atoms with E-state index >= 15 is 0 Å². The molecule has 1 aliphatic rings. The Labute approximate surface area is 242 Å². The molecule has 4 rings (SSSR count). The molecule has 9 nitrogen and oxygen atoms in total. The van der Waals surface area contributed by atoms with Gasteiger partial charge < -0.3 is 29.3 Å². The fraction of sp³-hybridized carbons (Fsp3) is 0.379. The number of ether oxygens (including phenoxy) is 2. The molecule has 0 aliphatic carbocycles. The lowest BCUT2D eigenvalue weighted by Crippen LogP contribution is -2.52. The van der Waals surface area contributed by atoms with E-state index in [4.69, 9.17) is 9.47 Å². The van der Waals surface area contributed by atoms with Gasteiger partial charge in [-0.1, -0.05) is 31.0 Å². The van der Waals surface area contributed by atoms with E-state index < -0.39 is 22.6 Å². The van der Waals surface area contributed by atoms with Crippen molar-refractivity contribution in [2.24, 2.45) is 5.92 Å². The molecule has 1 atom stereocenters. The van der Waals surface area contributed by atoms with E-state index in [9.17, 15) is 23.5 Å². The first kappa shape index (κ1) is 31.1. The molecule has 1 aromatic heterocycles. The molecule has 11 heteroatoms. The number of methoxy groups -OCH3 is 1. The van der Waals surface area contributed by atoms with Crippen molar-refractivity contribution in [1.29, 1.82) is 0 Å². The van der Waals surface area contributed by atoms with E-state index in [0.29, 0.717) is 27.4 Å². The molecule has 1 aliphatic heterocycles. The van der Waals surface area contributed by atoms with Gasteiger partial charge in [0.2, 0.25) is 0 Å². The van der Waals surface area contributed by atoms with Gasteiger partial charge in [-0.05, 0) is 62.6 Å². The number of benzene rings is 2. The molecule has 0 spiro atoms. The number of likely N-dealkylation sites (N-methyl/N-ethyl adjacent to an activating group) is 1. The van der Waals surface area contributed by atoms with Crippen LogP contribution in [0.15, 0.2) is 42.5 Å². The summed E-state index contributed by atoms with van der Waals surface area (Å²) in [5.41, 5.74) is 2.74. The van der Waals surface area contributed by atoms with Gasteiger partial charge in [-0.25, -0.2) is 4.79 Å². The van der Waals surface area contributed by atoms with Crippen LogP contribution in [0.5, 0.6) is 11.5 Å². The Morgan fingerprint density at radius 1 is 1.20 bits per heavy atom. The standard InChI is InChI=1S/C25H26N2O5S.C4H10O2S.H2/c1-14-6-11-21(33-14)23(29)32-13-18-16(17-8-7-15(28)12-20(17)31-5)9-10-19-22(18)27(4)24(30)25(2,3)26-19;1-4(2)3-7(5)6;/h6-12,26,28H,13H2,1-5H3;4H,3H2,1-2H3,(H,5,6);1H/p-1. The van der Waals surface area contributed by atoms with E-state index in [2.05, 4.69) is 5.32 Å². The van der Waals surface area contributed by atoms with Crippen LogP contribution in [0.2, 0.25) is 0 Å². The summed E-state index contributed by atoms with van der Waals surface area (Å²) in [5, 5.41) is 13.2. The van der Waals surface area contributed by atoms with Crippen molar-refractivity contribution in [2.75, 3.05) is 30.1 Å². The van der Waals surface area contributed by atoms with Crippen LogP contribution in [0.3, 0.4) is 0 Å². The number of esters is 1. The Bertz CT molecular complexity index is 1420. The molecular weight excluding hydrogens is 552 g/mol. The van der Waals surface area contributed by atoms with Gasteiger partial charge in [-0.2, -0.15) is 0 Å². The molecule has 2 N–H and O–H groups in total. The van der Waals surface area contributed by atoms with Gasteiger partial charge in [-0.3, -0.25) is 9.00 Å². The minimum atomic E-state index is -1.85. The maximum absolute atomic E-state index is 13.0. The zero-order chi connectivity index (χ0) is 29.8. The minimum Gasteiger partial charge on any atom is -0.772 e. The van der Waals surface area contributed by atoms with Crippen molar-refractivity contribution in [3.63, 3.8) is 0 Å². The maximum Gasteiger partial charge on any atom is 0.348 e. The first-order valence-corrected chi connectivity index (χ1v) is 14.7. The van der Waals surface area contributed by atoms with Crippen molar-refractivity contribution < 1.29 is 34.4 Å². The largest absolute Gasteiger partial charge is 0.772 e. The van der Waals surface area contributed by atoms with E-state index in [0.717, 1.165) is 16.1 Å². The number of aryl methyl sites for hydroxylation is 1. The van der Waals surface area contributed by atoms with Crippen LogP contribution < -0.4 is 15.0 Å². The predicted octanol–water partition coefficient (Wildman–Crippen LogP) is 5.73. The second-order valence-corrected chi connectivity index (χ2v) is 12.6. The van der Waals surface area contributed by atoms with Crippen LogP contribution in [0.25, 0.3) is 11.1 Å². The molecule has 40 heavy (non-hydrogen) atoms. The third-order valence-corrected chi connectivity index (χ3v) is 8.06. The normalized spacial score (nSPS) is 14.5. The number of hydrogen-bond acceptors (Lipinski definition) is 9. The van der Waals surface area contributed by atoms with Gasteiger partial charge in [0.1, 0.15) is 28.5 Å². The number of rotatable bonds is 7. The Hall–Kier alpha value is -3.41. The number of anilines is 2. The van der Waals surface area contributed by atoms with Crippen LogP contribution in [0.4, 0.5) is 11.4 Å². The van der Waals surface area contributed by atoms with Crippen LogP contribution in [0.1, 0.15) is 49.2 Å². The number of hydrogen-bond donors (Lipinski definition) is 2. The zero-order valence-corrected chi connectivity index (χ0v) is 25.3. The second kappa shape index (κ2) is 12.8. The van der Waals surface area contributed by atoms with Crippen LogP contribution >= 0.6 is 11.3 Å². The van der Waals surface area contributed by atoms with Gasteiger partial charge in [-0.15, -0.1) is 11.3 Å². The lowest BCUT2D eigenvalue weighted by atomic mass is 9.92. The SMILES string of the molecule is CC(C)CS(=O)[O-].COc1cc(O)ccc1-c1ccc2c(c1COC(=O)c1ccc(C)s1)N(C)C(=O)C(C)(C)N2.[HH]. The molecule has 2 heterocycles. The third-order valence-electron chi connectivity index (χ3n) is 6.14. The van der Waals surface area contributed by atoms with E-state index in [1.54, 1.807) is 30.1 Å². The van der Waals surface area contributed by atoms with Crippen LogP contribution in [-0.4, -0.2) is 51.2 Å². The number of carbonyl (C=O) groups is 2. The summed E-state index contributed by atoms with van der Waals surface area (Å²) in [6.45, 7) is 9.27. The van der Waals surface area contributed by atoms with E-state index in [-0.39, 0.29) is 31.4 Å². The lowest BCUT2D eigenvalue weighted by molar-refractivity contribution is -0.121. The Balaban J connectivity index is 0.000000655. The van der Waals surface area contributed by atoms with Crippen LogP contribution in [-0.2, 0) is 27.2 Å². The number of nitrogens with one attached hydrogen (secondary N) is 1. The average Bonchev–Trinajstić information content (AvgIpc) is 3.31. The van der Waals surface area contributed by atoms with Crippen molar-refractivity contribution >= 4 is 45.7 Å². The summed E-state index contributed by atoms with van der Waals surface area (Å²) in [6, 6.07) is 12.2. The van der Waals surface area contributed by atoms with Gasteiger partial charge in [0.25, 0.3) is 5.91 Å². The quantitative estimate of drug-likeness (QED) is 0.264. The summed E-state index contributed by atoms with van der Waals surface area (Å²) in [5.74, 6) is 0.553. The molecular formula is C29H37N2O7S2-. The molecule has 1 amide bonds. The second-order valence-electron chi connectivity index (χ2n) is 10.3. The first-order valence-electron chi connectivity index (χ1n) is 12.6. The van der Waals surface area contributed by atoms with Crippen molar-refractivity contribution in [2.45, 2.75) is 46.8 Å². The van der Waals surface area contributed by atoms with Crippen molar-refractivity contribution in [1.82, 2.24) is 0 Å². The summed E-state index contributed by atoms with van der Waals surface area (Å²) < 4.78 is 30.8. The average molecular weight is 590 g/mol. The predicted molar refractivity (Wildman–Crippen MR) is 160 cm³/mol. The van der Waals surface area contributed by atoms with Gasteiger partial charge in [0.15, 0.2) is 0 Å². The van der Waals surface area contributed by atoms with E-state index in [1.165, 1.54) is 24.5 Å². The van der Waals surface area contributed by atoms with Crippen molar-refractivity contribution in [3.05, 3.63) is 57.8 Å². The van der Waals surface area contributed by atoms with Gasteiger partial charge in [0, 0.05) is 36.3 Å². The highest BCUT2D eigenvalue weighted by Gasteiger charge is 2.38.